The SMILES string of the molecule is Cc1ccc(S(=O)(=O)CCC(=O)Nc2nc(-c3ccc4c(c3)CCC4)cs2)cc1. The summed E-state index contributed by atoms with van der Waals surface area (Å²) in [6.07, 6.45) is 3.33. The van der Waals surface area contributed by atoms with Crippen molar-refractivity contribution in [2.24, 2.45) is 0 Å². The molecule has 7 heteroatoms. The second kappa shape index (κ2) is 8.08. The number of hydrogen-bond acceptors (Lipinski definition) is 5. The molecule has 0 unspecified atom stereocenters. The summed E-state index contributed by atoms with van der Waals surface area (Å²) in [6.45, 7) is 1.90. The topological polar surface area (TPSA) is 76.1 Å². The number of nitrogens with one attached hydrogen (secondary N) is 1. The first-order valence-corrected chi connectivity index (χ1v) is 12.1. The molecule has 2 aromatic carbocycles. The Labute approximate surface area is 174 Å². The van der Waals surface area contributed by atoms with Crippen molar-refractivity contribution >= 4 is 32.2 Å². The van der Waals surface area contributed by atoms with Crippen LogP contribution in [0.25, 0.3) is 11.3 Å². The number of hydrogen-bond donors (Lipinski definition) is 1. The third kappa shape index (κ3) is 4.57. The van der Waals surface area contributed by atoms with Gasteiger partial charge in [0.1, 0.15) is 0 Å². The van der Waals surface area contributed by atoms with Gasteiger partial charge in [-0.25, -0.2) is 13.4 Å². The number of thiazole rings is 1. The molecule has 1 aliphatic rings. The lowest BCUT2D eigenvalue weighted by molar-refractivity contribution is -0.115. The van der Waals surface area contributed by atoms with Gasteiger partial charge in [0.05, 0.1) is 16.3 Å². The molecular formula is C22H22N2O3S2. The first-order chi connectivity index (χ1) is 13.9. The summed E-state index contributed by atoms with van der Waals surface area (Å²) in [5.41, 5.74) is 5.65. The maximum Gasteiger partial charge on any atom is 0.227 e. The number of carbonyl (C=O) groups excluding carboxylic acids is 1. The molecule has 150 valence electrons. The van der Waals surface area contributed by atoms with Crippen LogP contribution in [-0.2, 0) is 27.5 Å². The number of rotatable bonds is 6. The van der Waals surface area contributed by atoms with Gasteiger partial charge in [-0.15, -0.1) is 11.3 Å². The molecule has 0 aliphatic heterocycles. The highest BCUT2D eigenvalue weighted by Crippen LogP contribution is 2.30. The van der Waals surface area contributed by atoms with E-state index in [1.54, 1.807) is 24.3 Å². The molecule has 4 rings (SSSR count). The summed E-state index contributed by atoms with van der Waals surface area (Å²) >= 11 is 1.34. The molecule has 29 heavy (non-hydrogen) atoms. The van der Waals surface area contributed by atoms with Crippen LogP contribution in [0.5, 0.6) is 0 Å². The Balaban J connectivity index is 1.37. The van der Waals surface area contributed by atoms with Gasteiger partial charge in [0.2, 0.25) is 5.91 Å². The van der Waals surface area contributed by atoms with E-state index in [1.165, 1.54) is 28.9 Å². The predicted octanol–water partition coefficient (Wildman–Crippen LogP) is 4.41. The highest BCUT2D eigenvalue weighted by molar-refractivity contribution is 7.91. The number of carbonyl (C=O) groups is 1. The third-order valence-electron chi connectivity index (χ3n) is 5.12. The number of sulfone groups is 1. The van der Waals surface area contributed by atoms with Crippen LogP contribution in [0.1, 0.15) is 29.5 Å². The molecule has 0 saturated heterocycles. The van der Waals surface area contributed by atoms with Gasteiger partial charge in [0.15, 0.2) is 15.0 Å². The summed E-state index contributed by atoms with van der Waals surface area (Å²) < 4.78 is 24.8. The zero-order chi connectivity index (χ0) is 20.4. The maximum atomic E-state index is 12.4. The van der Waals surface area contributed by atoms with Crippen LogP contribution in [0.2, 0.25) is 0 Å². The monoisotopic (exact) mass is 426 g/mol. The van der Waals surface area contributed by atoms with Crippen molar-refractivity contribution in [3.8, 4) is 11.3 Å². The van der Waals surface area contributed by atoms with Crippen LogP contribution in [-0.4, -0.2) is 25.1 Å². The van der Waals surface area contributed by atoms with Crippen LogP contribution in [0.15, 0.2) is 52.7 Å². The van der Waals surface area contributed by atoms with Crippen molar-refractivity contribution in [3.63, 3.8) is 0 Å². The van der Waals surface area contributed by atoms with E-state index in [0.29, 0.717) is 5.13 Å². The van der Waals surface area contributed by atoms with Crippen molar-refractivity contribution in [1.29, 1.82) is 0 Å². The number of benzene rings is 2. The largest absolute Gasteiger partial charge is 0.302 e. The predicted molar refractivity (Wildman–Crippen MR) is 116 cm³/mol. The minimum Gasteiger partial charge on any atom is -0.302 e. The summed E-state index contributed by atoms with van der Waals surface area (Å²) in [5, 5.41) is 5.12. The summed E-state index contributed by atoms with van der Waals surface area (Å²) in [7, 11) is -3.49. The number of amides is 1. The van der Waals surface area contributed by atoms with Crippen LogP contribution >= 0.6 is 11.3 Å². The van der Waals surface area contributed by atoms with E-state index in [-0.39, 0.29) is 23.0 Å². The Bertz CT molecular complexity index is 1150. The van der Waals surface area contributed by atoms with Gasteiger partial charge in [-0.1, -0.05) is 29.8 Å². The fourth-order valence-corrected chi connectivity index (χ4v) is 5.44. The molecule has 1 heterocycles. The molecule has 0 fully saturated rings. The van der Waals surface area contributed by atoms with Gasteiger partial charge in [-0.3, -0.25) is 4.79 Å². The maximum absolute atomic E-state index is 12.4. The molecule has 1 N–H and O–H groups in total. The number of nitrogens with zero attached hydrogens (tertiary/aromatic N) is 1. The highest BCUT2D eigenvalue weighted by Gasteiger charge is 2.17. The van der Waals surface area contributed by atoms with Gasteiger partial charge in [-0.2, -0.15) is 0 Å². The van der Waals surface area contributed by atoms with E-state index in [0.717, 1.165) is 29.7 Å². The average molecular weight is 427 g/mol. The van der Waals surface area contributed by atoms with Crippen molar-refractivity contribution < 1.29 is 13.2 Å². The van der Waals surface area contributed by atoms with E-state index in [2.05, 4.69) is 28.5 Å². The fraction of sp³-hybridized carbons (Fsp3) is 0.273. The van der Waals surface area contributed by atoms with Crippen LogP contribution in [0, 0.1) is 6.92 Å². The lowest BCUT2D eigenvalue weighted by atomic mass is 10.1. The van der Waals surface area contributed by atoms with Crippen molar-refractivity contribution in [1.82, 2.24) is 4.98 Å². The van der Waals surface area contributed by atoms with E-state index in [9.17, 15) is 13.2 Å². The number of anilines is 1. The fourth-order valence-electron chi connectivity index (χ4n) is 3.47. The van der Waals surface area contributed by atoms with E-state index >= 15 is 0 Å². The molecule has 1 aliphatic carbocycles. The lowest BCUT2D eigenvalue weighted by Gasteiger charge is -2.05. The molecule has 1 amide bonds. The molecule has 0 spiro atoms. The van der Waals surface area contributed by atoms with Crippen LogP contribution in [0.3, 0.4) is 0 Å². The lowest BCUT2D eigenvalue weighted by Crippen LogP contribution is -2.17. The second-order valence-corrected chi connectivity index (χ2v) is 10.3. The van der Waals surface area contributed by atoms with Crippen molar-refractivity contribution in [2.45, 2.75) is 37.5 Å². The average Bonchev–Trinajstić information content (AvgIpc) is 3.35. The van der Waals surface area contributed by atoms with E-state index < -0.39 is 9.84 Å². The van der Waals surface area contributed by atoms with E-state index in [4.69, 9.17) is 0 Å². The number of aromatic nitrogens is 1. The zero-order valence-electron chi connectivity index (χ0n) is 16.1. The van der Waals surface area contributed by atoms with Crippen LogP contribution in [0.4, 0.5) is 5.13 Å². The van der Waals surface area contributed by atoms with Crippen LogP contribution < -0.4 is 5.32 Å². The number of aryl methyl sites for hydroxylation is 3. The first kappa shape index (κ1) is 19.8. The molecule has 0 radical (unpaired) electrons. The summed E-state index contributed by atoms with van der Waals surface area (Å²) in [4.78, 5) is 17.0. The molecule has 0 saturated carbocycles. The van der Waals surface area contributed by atoms with Gasteiger partial charge in [0.25, 0.3) is 0 Å². The molecule has 5 nitrogen and oxygen atoms in total. The molecule has 0 atom stereocenters. The van der Waals surface area contributed by atoms with Gasteiger partial charge in [0, 0.05) is 17.4 Å². The summed E-state index contributed by atoms with van der Waals surface area (Å²) in [6, 6.07) is 13.1. The zero-order valence-corrected chi connectivity index (χ0v) is 17.8. The second-order valence-electron chi connectivity index (χ2n) is 7.31. The normalized spacial score (nSPS) is 13.3. The van der Waals surface area contributed by atoms with Gasteiger partial charge < -0.3 is 5.32 Å². The number of fused-ring (bicyclic) bond motifs is 1. The van der Waals surface area contributed by atoms with E-state index in [1.807, 2.05) is 12.3 Å². The Morgan fingerprint density at radius 3 is 2.66 bits per heavy atom. The molecule has 3 aromatic rings. The summed E-state index contributed by atoms with van der Waals surface area (Å²) in [5.74, 6) is -0.583. The smallest absolute Gasteiger partial charge is 0.227 e. The van der Waals surface area contributed by atoms with Gasteiger partial charge in [-0.05, 0) is 55.5 Å². The highest BCUT2D eigenvalue weighted by atomic mass is 32.2. The molecule has 0 bridgehead atoms. The first-order valence-electron chi connectivity index (χ1n) is 9.58. The quantitative estimate of drug-likeness (QED) is 0.633. The molecule has 1 aromatic heterocycles. The third-order valence-corrected chi connectivity index (χ3v) is 7.61. The Kier molecular flexibility index (Phi) is 5.52. The Morgan fingerprint density at radius 2 is 1.86 bits per heavy atom. The van der Waals surface area contributed by atoms with Crippen molar-refractivity contribution in [2.75, 3.05) is 11.1 Å². The molecular weight excluding hydrogens is 404 g/mol. The Hall–Kier alpha value is -2.51. The van der Waals surface area contributed by atoms with Crippen molar-refractivity contribution in [3.05, 3.63) is 64.5 Å². The Morgan fingerprint density at radius 1 is 1.10 bits per heavy atom. The standard InChI is InChI=1S/C22H22N2O3S2/c1-15-5-9-19(10-6-15)29(26,27)12-11-21(25)24-22-23-20(14-28-22)18-8-7-16-3-2-4-17(16)13-18/h5-10,13-14H,2-4,11-12H2,1H3,(H,23,24,25). The minimum absolute atomic E-state index is 0.107. The minimum atomic E-state index is -3.49. The van der Waals surface area contributed by atoms with Gasteiger partial charge >= 0.3 is 0 Å².